The van der Waals surface area contributed by atoms with Gasteiger partial charge in [0.1, 0.15) is 17.9 Å². The van der Waals surface area contributed by atoms with Gasteiger partial charge in [-0.1, -0.05) is 0 Å². The Balaban J connectivity index is 1.61. The zero-order valence-electron chi connectivity index (χ0n) is 11.6. The first kappa shape index (κ1) is 13.8. The second-order valence-corrected chi connectivity index (χ2v) is 4.86. The van der Waals surface area contributed by atoms with Crippen molar-refractivity contribution in [2.75, 3.05) is 39.5 Å². The molecule has 0 aliphatic carbocycles. The fourth-order valence-corrected chi connectivity index (χ4v) is 2.33. The lowest BCUT2D eigenvalue weighted by Crippen LogP contribution is -2.38. The topological polar surface area (TPSA) is 76.3 Å². The second-order valence-electron chi connectivity index (χ2n) is 4.86. The molecule has 7 nitrogen and oxygen atoms in total. The van der Waals surface area contributed by atoms with E-state index >= 15 is 0 Å². The molecule has 0 amide bonds. The summed E-state index contributed by atoms with van der Waals surface area (Å²) < 4.78 is 12.5. The lowest BCUT2D eigenvalue weighted by molar-refractivity contribution is 0.0322. The second kappa shape index (κ2) is 6.11. The van der Waals surface area contributed by atoms with Crippen LogP contribution in [0.2, 0.25) is 0 Å². The van der Waals surface area contributed by atoms with Crippen LogP contribution in [0.3, 0.4) is 0 Å². The molecule has 0 saturated carbocycles. The van der Waals surface area contributed by atoms with E-state index in [-0.39, 0.29) is 5.56 Å². The summed E-state index contributed by atoms with van der Waals surface area (Å²) in [6.45, 7) is 4.85. The Labute approximate surface area is 121 Å². The van der Waals surface area contributed by atoms with Gasteiger partial charge in [0.2, 0.25) is 0 Å². The third-order valence-electron chi connectivity index (χ3n) is 3.50. The Morgan fingerprint density at radius 1 is 1.38 bits per heavy atom. The first-order valence-electron chi connectivity index (χ1n) is 6.87. The van der Waals surface area contributed by atoms with Crippen molar-refractivity contribution in [3.05, 3.63) is 30.1 Å². The van der Waals surface area contributed by atoms with E-state index < -0.39 is 5.97 Å². The minimum Gasteiger partial charge on any atom is -0.491 e. The summed E-state index contributed by atoms with van der Waals surface area (Å²) in [7, 11) is 0. The van der Waals surface area contributed by atoms with E-state index in [1.54, 1.807) is 18.3 Å². The number of rotatable bonds is 5. The highest BCUT2D eigenvalue weighted by Gasteiger charge is 2.12. The number of hydrogen-bond acceptors (Lipinski definition) is 5. The molecule has 1 N–H and O–H groups in total. The monoisotopic (exact) mass is 291 g/mol. The Morgan fingerprint density at radius 2 is 2.19 bits per heavy atom. The quantitative estimate of drug-likeness (QED) is 0.876. The maximum atomic E-state index is 11.0. The van der Waals surface area contributed by atoms with Crippen LogP contribution in [-0.2, 0) is 4.74 Å². The van der Waals surface area contributed by atoms with Gasteiger partial charge in [-0.3, -0.25) is 4.90 Å². The fraction of sp³-hybridized carbons (Fsp3) is 0.429. The molecule has 1 saturated heterocycles. The van der Waals surface area contributed by atoms with E-state index in [9.17, 15) is 4.79 Å². The largest absolute Gasteiger partial charge is 0.491 e. The molecule has 112 valence electrons. The molecule has 1 aliphatic rings. The molecule has 0 unspecified atom stereocenters. The normalized spacial score (nSPS) is 16.2. The summed E-state index contributed by atoms with van der Waals surface area (Å²) in [5, 5.41) is 13.1. The molecule has 1 fully saturated rings. The van der Waals surface area contributed by atoms with Crippen LogP contribution in [0.4, 0.5) is 0 Å². The minimum atomic E-state index is -0.981. The van der Waals surface area contributed by atoms with E-state index in [2.05, 4.69) is 10.00 Å². The number of carbonyl (C=O) groups is 1. The van der Waals surface area contributed by atoms with Gasteiger partial charge in [0.15, 0.2) is 0 Å². The molecule has 2 aromatic heterocycles. The van der Waals surface area contributed by atoms with Crippen molar-refractivity contribution >= 4 is 11.5 Å². The van der Waals surface area contributed by atoms with E-state index in [4.69, 9.17) is 14.6 Å². The number of morpholine rings is 1. The van der Waals surface area contributed by atoms with Gasteiger partial charge in [0, 0.05) is 19.6 Å². The fourth-order valence-electron chi connectivity index (χ4n) is 2.33. The van der Waals surface area contributed by atoms with E-state index in [0.717, 1.165) is 32.8 Å². The van der Waals surface area contributed by atoms with Crippen molar-refractivity contribution in [2.45, 2.75) is 0 Å². The molecule has 0 bridgehead atoms. The average Bonchev–Trinajstić information content (AvgIpc) is 2.91. The Morgan fingerprint density at radius 3 is 2.95 bits per heavy atom. The maximum Gasteiger partial charge on any atom is 0.339 e. The molecule has 0 aromatic carbocycles. The molecule has 3 rings (SSSR count). The molecular weight excluding hydrogens is 274 g/mol. The SMILES string of the molecule is O=C(O)c1cnn2cc(OCCN3CCOCC3)ccc12. The number of aromatic carboxylic acids is 1. The molecule has 0 spiro atoms. The maximum absolute atomic E-state index is 11.0. The van der Waals surface area contributed by atoms with Crippen LogP contribution in [0.5, 0.6) is 5.75 Å². The van der Waals surface area contributed by atoms with Gasteiger partial charge in [0.25, 0.3) is 0 Å². The molecule has 0 atom stereocenters. The number of fused-ring (bicyclic) bond motifs is 1. The number of aromatic nitrogens is 2. The van der Waals surface area contributed by atoms with Crippen molar-refractivity contribution in [2.24, 2.45) is 0 Å². The summed E-state index contributed by atoms with van der Waals surface area (Å²) in [5.41, 5.74) is 0.748. The van der Waals surface area contributed by atoms with Crippen LogP contribution < -0.4 is 4.74 Å². The van der Waals surface area contributed by atoms with Gasteiger partial charge in [-0.05, 0) is 12.1 Å². The van der Waals surface area contributed by atoms with E-state index in [0.29, 0.717) is 17.9 Å². The van der Waals surface area contributed by atoms with Gasteiger partial charge < -0.3 is 14.6 Å². The smallest absolute Gasteiger partial charge is 0.339 e. The van der Waals surface area contributed by atoms with Crippen LogP contribution in [0, 0.1) is 0 Å². The lowest BCUT2D eigenvalue weighted by Gasteiger charge is -2.26. The number of carboxylic acid groups (broad SMARTS) is 1. The molecule has 3 heterocycles. The third kappa shape index (κ3) is 3.14. The summed E-state index contributed by atoms with van der Waals surface area (Å²) in [4.78, 5) is 13.3. The van der Waals surface area contributed by atoms with Gasteiger partial charge in [0.05, 0.1) is 31.1 Å². The Hall–Kier alpha value is -2.12. The highest BCUT2D eigenvalue weighted by molar-refractivity contribution is 5.95. The molecule has 21 heavy (non-hydrogen) atoms. The molecule has 7 heteroatoms. The van der Waals surface area contributed by atoms with Crippen LogP contribution in [-0.4, -0.2) is 65.0 Å². The third-order valence-corrected chi connectivity index (χ3v) is 3.50. The van der Waals surface area contributed by atoms with Crippen molar-refractivity contribution in [3.63, 3.8) is 0 Å². The predicted octanol–water partition coefficient (Wildman–Crippen LogP) is 0.744. The first-order valence-corrected chi connectivity index (χ1v) is 6.87. The number of nitrogens with zero attached hydrogens (tertiary/aromatic N) is 3. The van der Waals surface area contributed by atoms with Crippen LogP contribution in [0.25, 0.3) is 5.52 Å². The summed E-state index contributed by atoms with van der Waals surface area (Å²) in [5.74, 6) is -0.304. The Bertz CT molecular complexity index is 634. The predicted molar refractivity (Wildman–Crippen MR) is 74.9 cm³/mol. The minimum absolute atomic E-state index is 0.190. The first-order chi connectivity index (χ1) is 10.2. The molecule has 2 aromatic rings. The molecular formula is C14H17N3O4. The number of pyridine rings is 1. The van der Waals surface area contributed by atoms with Gasteiger partial charge in [-0.2, -0.15) is 5.10 Å². The van der Waals surface area contributed by atoms with Crippen LogP contribution in [0.1, 0.15) is 10.4 Å². The van der Waals surface area contributed by atoms with E-state index in [1.807, 2.05) is 0 Å². The van der Waals surface area contributed by atoms with E-state index in [1.165, 1.54) is 10.7 Å². The van der Waals surface area contributed by atoms with Gasteiger partial charge in [-0.15, -0.1) is 0 Å². The highest BCUT2D eigenvalue weighted by atomic mass is 16.5. The number of hydrogen-bond donors (Lipinski definition) is 1. The molecule has 0 radical (unpaired) electrons. The highest BCUT2D eigenvalue weighted by Crippen LogP contribution is 2.16. The van der Waals surface area contributed by atoms with Crippen molar-refractivity contribution in [1.82, 2.24) is 14.5 Å². The lowest BCUT2D eigenvalue weighted by atomic mass is 10.2. The number of carboxylic acids is 1. The van der Waals surface area contributed by atoms with Crippen molar-refractivity contribution < 1.29 is 19.4 Å². The summed E-state index contributed by atoms with van der Waals surface area (Å²) in [6, 6.07) is 3.48. The summed E-state index contributed by atoms with van der Waals surface area (Å²) in [6.07, 6.45) is 3.04. The van der Waals surface area contributed by atoms with Crippen LogP contribution >= 0.6 is 0 Å². The zero-order valence-corrected chi connectivity index (χ0v) is 11.6. The molecule has 1 aliphatic heterocycles. The van der Waals surface area contributed by atoms with Gasteiger partial charge in [-0.25, -0.2) is 9.31 Å². The van der Waals surface area contributed by atoms with Crippen molar-refractivity contribution in [1.29, 1.82) is 0 Å². The average molecular weight is 291 g/mol. The standard InChI is InChI=1S/C14H17N3O4/c18-14(19)12-9-15-17-10-11(1-2-13(12)17)21-8-5-16-3-6-20-7-4-16/h1-2,9-10H,3-8H2,(H,18,19). The van der Waals surface area contributed by atoms with Crippen LogP contribution in [0.15, 0.2) is 24.5 Å². The van der Waals surface area contributed by atoms with Gasteiger partial charge >= 0.3 is 5.97 Å². The Kier molecular flexibility index (Phi) is 4.03. The number of ether oxygens (including phenoxy) is 2. The summed E-state index contributed by atoms with van der Waals surface area (Å²) >= 11 is 0. The van der Waals surface area contributed by atoms with Crippen molar-refractivity contribution in [3.8, 4) is 5.75 Å². The zero-order chi connectivity index (χ0) is 14.7.